The first kappa shape index (κ1) is 12.1. The minimum Gasteiger partial charge on any atom is -0.330 e. The van der Waals surface area contributed by atoms with Crippen LogP contribution in [0.2, 0.25) is 0 Å². The quantitative estimate of drug-likeness (QED) is 0.798. The highest BCUT2D eigenvalue weighted by Crippen LogP contribution is 2.32. The maximum atomic E-state index is 11.9. The summed E-state index contributed by atoms with van der Waals surface area (Å²) in [4.78, 5) is 24.2. The molecule has 17 heavy (non-hydrogen) atoms. The monoisotopic (exact) mass is 250 g/mol. The zero-order chi connectivity index (χ0) is 12.4. The summed E-state index contributed by atoms with van der Waals surface area (Å²) < 4.78 is 0. The number of carbonyl (C=O) groups is 2. The van der Waals surface area contributed by atoms with Crippen LogP contribution in [0, 0.1) is 5.92 Å². The number of carbonyl (C=O) groups excluding carboxylic acids is 2. The summed E-state index contributed by atoms with van der Waals surface area (Å²) in [6, 6.07) is 5.39. The fraction of sp³-hybridized carbons (Fsp3) is 0.333. The highest BCUT2D eigenvalue weighted by Gasteiger charge is 2.19. The SMILES string of the molecule is CC(CN)C(=O)c1ccc2c(c1)NC(=O)CS2. The third-order valence-corrected chi connectivity index (χ3v) is 3.77. The van der Waals surface area contributed by atoms with E-state index in [9.17, 15) is 9.59 Å². The van der Waals surface area contributed by atoms with E-state index in [1.165, 1.54) is 11.8 Å². The van der Waals surface area contributed by atoms with Gasteiger partial charge in [0.25, 0.3) is 0 Å². The van der Waals surface area contributed by atoms with Gasteiger partial charge in [0.05, 0.1) is 11.4 Å². The molecule has 5 heteroatoms. The van der Waals surface area contributed by atoms with E-state index >= 15 is 0 Å². The van der Waals surface area contributed by atoms with Gasteiger partial charge in [-0.3, -0.25) is 9.59 Å². The molecule has 1 unspecified atom stereocenters. The molecule has 0 bridgehead atoms. The molecule has 0 aromatic heterocycles. The van der Waals surface area contributed by atoms with Crippen molar-refractivity contribution in [1.82, 2.24) is 0 Å². The van der Waals surface area contributed by atoms with Crippen molar-refractivity contribution >= 4 is 29.1 Å². The lowest BCUT2D eigenvalue weighted by Gasteiger charge is -2.17. The van der Waals surface area contributed by atoms with Gasteiger partial charge in [-0.05, 0) is 12.1 Å². The predicted octanol–water partition coefficient (Wildman–Crippen LogP) is 1.51. The fourth-order valence-corrected chi connectivity index (χ4v) is 2.42. The summed E-state index contributed by atoms with van der Waals surface area (Å²) >= 11 is 1.48. The number of thioether (sulfide) groups is 1. The van der Waals surface area contributed by atoms with Gasteiger partial charge in [0.15, 0.2) is 5.78 Å². The Kier molecular flexibility index (Phi) is 3.49. The fourth-order valence-electron chi connectivity index (χ4n) is 1.63. The average molecular weight is 250 g/mol. The molecule has 1 aliphatic heterocycles. The largest absolute Gasteiger partial charge is 0.330 e. The normalized spacial score (nSPS) is 16.0. The second-order valence-corrected chi connectivity index (χ2v) is 5.07. The minimum atomic E-state index is -0.194. The van der Waals surface area contributed by atoms with Gasteiger partial charge >= 0.3 is 0 Å². The van der Waals surface area contributed by atoms with Crippen LogP contribution in [0.1, 0.15) is 17.3 Å². The number of fused-ring (bicyclic) bond motifs is 1. The molecule has 0 aliphatic carbocycles. The second-order valence-electron chi connectivity index (χ2n) is 4.05. The first-order valence-corrected chi connectivity index (χ1v) is 6.41. The van der Waals surface area contributed by atoms with Gasteiger partial charge < -0.3 is 11.1 Å². The molecule has 90 valence electrons. The number of Topliss-reactive ketones (excluding diaryl/α,β-unsaturated/α-hetero) is 1. The van der Waals surface area contributed by atoms with Gasteiger partial charge in [-0.25, -0.2) is 0 Å². The van der Waals surface area contributed by atoms with Crippen molar-refractivity contribution in [1.29, 1.82) is 0 Å². The Labute approximate surface area is 104 Å². The smallest absolute Gasteiger partial charge is 0.234 e. The first-order chi connectivity index (χ1) is 8.11. The van der Waals surface area contributed by atoms with Crippen LogP contribution in [0.3, 0.4) is 0 Å². The Hall–Kier alpha value is -1.33. The van der Waals surface area contributed by atoms with Gasteiger partial charge in [0.1, 0.15) is 0 Å². The highest BCUT2D eigenvalue weighted by atomic mass is 32.2. The Morgan fingerprint density at radius 2 is 2.35 bits per heavy atom. The van der Waals surface area contributed by atoms with Crippen LogP contribution in [-0.4, -0.2) is 24.0 Å². The van der Waals surface area contributed by atoms with Gasteiger partial charge in [-0.2, -0.15) is 0 Å². The maximum Gasteiger partial charge on any atom is 0.234 e. The van der Waals surface area contributed by atoms with Crippen molar-refractivity contribution in [3.8, 4) is 0 Å². The minimum absolute atomic E-state index is 0.0140. The number of benzene rings is 1. The lowest BCUT2D eigenvalue weighted by Crippen LogP contribution is -2.22. The average Bonchev–Trinajstić information content (AvgIpc) is 2.36. The summed E-state index contributed by atoms with van der Waals surface area (Å²) in [5.74, 6) is 0.221. The molecule has 1 aliphatic rings. The molecule has 2 rings (SSSR count). The van der Waals surface area contributed by atoms with Crippen LogP contribution < -0.4 is 11.1 Å². The van der Waals surface area contributed by atoms with Gasteiger partial charge in [-0.1, -0.05) is 13.0 Å². The van der Waals surface area contributed by atoms with E-state index in [-0.39, 0.29) is 17.6 Å². The van der Waals surface area contributed by atoms with Crippen molar-refractivity contribution in [3.63, 3.8) is 0 Å². The third-order valence-electron chi connectivity index (χ3n) is 2.70. The van der Waals surface area contributed by atoms with Crippen molar-refractivity contribution in [2.24, 2.45) is 11.7 Å². The number of ketones is 1. The van der Waals surface area contributed by atoms with E-state index in [0.29, 0.717) is 17.9 Å². The lowest BCUT2D eigenvalue weighted by atomic mass is 9.99. The van der Waals surface area contributed by atoms with E-state index < -0.39 is 0 Å². The van der Waals surface area contributed by atoms with E-state index in [1.54, 1.807) is 19.1 Å². The zero-order valence-corrected chi connectivity index (χ0v) is 10.3. The van der Waals surface area contributed by atoms with E-state index in [0.717, 1.165) is 10.6 Å². The number of nitrogens with two attached hydrogens (primary N) is 1. The number of rotatable bonds is 3. The van der Waals surface area contributed by atoms with Crippen molar-refractivity contribution in [3.05, 3.63) is 23.8 Å². The van der Waals surface area contributed by atoms with Crippen LogP contribution in [0.25, 0.3) is 0 Å². The zero-order valence-electron chi connectivity index (χ0n) is 9.53. The molecule has 3 N–H and O–H groups in total. The van der Waals surface area contributed by atoms with Crippen LogP contribution in [0.15, 0.2) is 23.1 Å². The Morgan fingerprint density at radius 3 is 3.06 bits per heavy atom. The number of nitrogens with one attached hydrogen (secondary N) is 1. The predicted molar refractivity (Wildman–Crippen MR) is 68.3 cm³/mol. The molecule has 0 spiro atoms. The first-order valence-electron chi connectivity index (χ1n) is 5.43. The molecule has 1 atom stereocenters. The Bertz CT molecular complexity index is 474. The number of anilines is 1. The van der Waals surface area contributed by atoms with Crippen molar-refractivity contribution < 1.29 is 9.59 Å². The third kappa shape index (κ3) is 2.50. The van der Waals surface area contributed by atoms with Crippen LogP contribution >= 0.6 is 11.8 Å². The van der Waals surface area contributed by atoms with E-state index in [2.05, 4.69) is 5.32 Å². The molecular weight excluding hydrogens is 236 g/mol. The van der Waals surface area contributed by atoms with Gasteiger partial charge in [0, 0.05) is 22.9 Å². The lowest BCUT2D eigenvalue weighted by molar-refractivity contribution is -0.113. The molecule has 1 aromatic carbocycles. The summed E-state index contributed by atoms with van der Waals surface area (Å²) in [5.41, 5.74) is 6.80. The van der Waals surface area contributed by atoms with Crippen LogP contribution in [0.4, 0.5) is 5.69 Å². The number of hydrogen-bond acceptors (Lipinski definition) is 4. The molecule has 1 amide bonds. The maximum absolute atomic E-state index is 11.9. The summed E-state index contributed by atoms with van der Waals surface area (Å²) in [6.45, 7) is 2.13. The van der Waals surface area contributed by atoms with Gasteiger partial charge in [-0.15, -0.1) is 11.8 Å². The summed E-state index contributed by atoms with van der Waals surface area (Å²) in [6.07, 6.45) is 0. The second kappa shape index (κ2) is 4.89. The number of hydrogen-bond donors (Lipinski definition) is 2. The van der Waals surface area contributed by atoms with Crippen LogP contribution in [-0.2, 0) is 4.79 Å². The van der Waals surface area contributed by atoms with Crippen molar-refractivity contribution in [2.75, 3.05) is 17.6 Å². The summed E-state index contributed by atoms with van der Waals surface area (Å²) in [5, 5.41) is 2.77. The Morgan fingerprint density at radius 1 is 1.59 bits per heavy atom. The van der Waals surface area contributed by atoms with Crippen molar-refractivity contribution in [2.45, 2.75) is 11.8 Å². The molecule has 0 fully saturated rings. The molecule has 4 nitrogen and oxygen atoms in total. The van der Waals surface area contributed by atoms with E-state index in [4.69, 9.17) is 5.73 Å². The molecule has 0 radical (unpaired) electrons. The molecule has 0 saturated carbocycles. The molecule has 1 aromatic rings. The van der Waals surface area contributed by atoms with Crippen LogP contribution in [0.5, 0.6) is 0 Å². The van der Waals surface area contributed by atoms with E-state index in [1.807, 2.05) is 6.07 Å². The summed E-state index contributed by atoms with van der Waals surface area (Å²) in [7, 11) is 0. The molecule has 1 heterocycles. The highest BCUT2D eigenvalue weighted by molar-refractivity contribution is 8.00. The Balaban J connectivity index is 2.30. The standard InChI is InChI=1S/C12H14N2O2S/c1-7(5-13)12(16)8-2-3-10-9(4-8)14-11(15)6-17-10/h2-4,7H,5-6,13H2,1H3,(H,14,15). The van der Waals surface area contributed by atoms with Gasteiger partial charge in [0.2, 0.25) is 5.91 Å². The molecule has 0 saturated heterocycles. The molecular formula is C12H14N2O2S. The number of amides is 1. The topological polar surface area (TPSA) is 72.2 Å².